The Bertz CT molecular complexity index is 335. The maximum atomic E-state index is 9.84. The highest BCUT2D eigenvalue weighted by Gasteiger charge is 2.36. The van der Waals surface area contributed by atoms with Gasteiger partial charge in [0, 0.05) is 11.8 Å². The molecule has 0 aliphatic heterocycles. The molecule has 0 aromatic carbocycles. The van der Waals surface area contributed by atoms with Crippen molar-refractivity contribution in [3.63, 3.8) is 0 Å². The molecule has 1 saturated carbocycles. The molecule has 3 aliphatic rings. The van der Waals surface area contributed by atoms with Crippen molar-refractivity contribution in [2.24, 2.45) is 11.8 Å². The van der Waals surface area contributed by atoms with Crippen LogP contribution in [0.3, 0.4) is 0 Å². The molecule has 1 heteroatoms. The van der Waals surface area contributed by atoms with Crippen LogP contribution in [0.5, 0.6) is 0 Å². The molecule has 3 unspecified atom stereocenters. The molecule has 1 fully saturated rings. The number of hydrogen-bond donors (Lipinski definition) is 1. The molecule has 1 N–H and O–H groups in total. The second-order valence-corrected chi connectivity index (χ2v) is 4.62. The zero-order chi connectivity index (χ0) is 9.54. The Morgan fingerprint density at radius 2 is 2.07 bits per heavy atom. The van der Waals surface area contributed by atoms with Crippen LogP contribution in [0.1, 0.15) is 25.7 Å². The maximum absolute atomic E-state index is 9.84. The van der Waals surface area contributed by atoms with E-state index >= 15 is 0 Å². The lowest BCUT2D eigenvalue weighted by molar-refractivity contribution is 0.132. The van der Waals surface area contributed by atoms with Crippen molar-refractivity contribution in [2.75, 3.05) is 0 Å². The number of aliphatic hydroxyl groups is 1. The third-order valence-corrected chi connectivity index (χ3v) is 3.91. The molecule has 3 rings (SSSR count). The van der Waals surface area contributed by atoms with E-state index in [2.05, 4.69) is 24.3 Å². The van der Waals surface area contributed by atoms with Crippen molar-refractivity contribution in [3.8, 4) is 0 Å². The molecule has 1 nitrogen and oxygen atoms in total. The van der Waals surface area contributed by atoms with Crippen LogP contribution >= 0.6 is 0 Å². The van der Waals surface area contributed by atoms with Gasteiger partial charge in [-0.2, -0.15) is 0 Å². The van der Waals surface area contributed by atoms with Gasteiger partial charge in [0.15, 0.2) is 0 Å². The summed E-state index contributed by atoms with van der Waals surface area (Å²) in [4.78, 5) is 0. The Morgan fingerprint density at radius 1 is 1.14 bits per heavy atom. The lowest BCUT2D eigenvalue weighted by Gasteiger charge is -2.30. The van der Waals surface area contributed by atoms with Crippen molar-refractivity contribution < 1.29 is 5.11 Å². The summed E-state index contributed by atoms with van der Waals surface area (Å²) in [7, 11) is 0. The van der Waals surface area contributed by atoms with E-state index in [1.54, 1.807) is 5.57 Å². The van der Waals surface area contributed by atoms with E-state index in [-0.39, 0.29) is 6.10 Å². The van der Waals surface area contributed by atoms with E-state index < -0.39 is 0 Å². The molecule has 3 atom stereocenters. The van der Waals surface area contributed by atoms with Crippen LogP contribution in [-0.4, -0.2) is 11.2 Å². The number of hydrogen-bond acceptors (Lipinski definition) is 1. The summed E-state index contributed by atoms with van der Waals surface area (Å²) in [6.07, 6.45) is 13.3. The molecule has 0 saturated heterocycles. The second-order valence-electron chi connectivity index (χ2n) is 4.62. The summed E-state index contributed by atoms with van der Waals surface area (Å²) in [6.45, 7) is 0. The normalized spacial score (nSPS) is 39.9. The third-order valence-electron chi connectivity index (χ3n) is 3.91. The van der Waals surface area contributed by atoms with Gasteiger partial charge in [0.05, 0.1) is 6.10 Å². The van der Waals surface area contributed by atoms with Crippen molar-refractivity contribution in [1.29, 1.82) is 0 Å². The monoisotopic (exact) mass is 188 g/mol. The van der Waals surface area contributed by atoms with Crippen LogP contribution in [0.4, 0.5) is 0 Å². The van der Waals surface area contributed by atoms with Gasteiger partial charge in [-0.05, 0) is 31.3 Å². The molecule has 0 aromatic rings. The fourth-order valence-corrected chi connectivity index (χ4v) is 3.19. The first-order valence-corrected chi connectivity index (χ1v) is 5.62. The lowest BCUT2D eigenvalue weighted by Crippen LogP contribution is -2.22. The fourth-order valence-electron chi connectivity index (χ4n) is 3.19. The topological polar surface area (TPSA) is 20.2 Å². The molecular weight excluding hydrogens is 172 g/mol. The zero-order valence-electron chi connectivity index (χ0n) is 8.32. The van der Waals surface area contributed by atoms with Gasteiger partial charge in [0.2, 0.25) is 0 Å². The van der Waals surface area contributed by atoms with Gasteiger partial charge in [-0.15, -0.1) is 0 Å². The summed E-state index contributed by atoms with van der Waals surface area (Å²) in [5, 5.41) is 9.84. The fraction of sp³-hybridized carbons (Fsp3) is 0.538. The molecule has 0 bridgehead atoms. The predicted octanol–water partition coefficient (Wildman–Crippen LogP) is 2.59. The Morgan fingerprint density at radius 3 is 3.00 bits per heavy atom. The average Bonchev–Trinajstić information content (AvgIpc) is 2.61. The Kier molecular flexibility index (Phi) is 1.88. The van der Waals surface area contributed by atoms with Gasteiger partial charge in [0.25, 0.3) is 0 Å². The summed E-state index contributed by atoms with van der Waals surface area (Å²) in [5.41, 5.74) is 3.06. The highest BCUT2D eigenvalue weighted by Crippen LogP contribution is 2.45. The predicted molar refractivity (Wildman–Crippen MR) is 56.8 cm³/mol. The highest BCUT2D eigenvalue weighted by atomic mass is 16.3. The first-order chi connectivity index (χ1) is 6.86. The number of allylic oxidation sites excluding steroid dienone is 5. The first kappa shape index (κ1) is 8.49. The smallest absolute Gasteiger partial charge is 0.0608 e. The molecule has 3 aliphatic carbocycles. The van der Waals surface area contributed by atoms with Crippen LogP contribution in [0.2, 0.25) is 0 Å². The lowest BCUT2D eigenvalue weighted by atomic mass is 9.76. The van der Waals surface area contributed by atoms with E-state index in [4.69, 9.17) is 0 Å². The van der Waals surface area contributed by atoms with Crippen LogP contribution in [0.25, 0.3) is 0 Å². The van der Waals surface area contributed by atoms with E-state index in [0.717, 1.165) is 12.8 Å². The van der Waals surface area contributed by atoms with Crippen molar-refractivity contribution in [2.45, 2.75) is 31.8 Å². The molecule has 74 valence electrons. The third kappa shape index (κ3) is 1.12. The quantitative estimate of drug-likeness (QED) is 0.619. The van der Waals surface area contributed by atoms with E-state index in [1.165, 1.54) is 18.4 Å². The minimum atomic E-state index is -0.0576. The van der Waals surface area contributed by atoms with Gasteiger partial charge >= 0.3 is 0 Å². The van der Waals surface area contributed by atoms with Crippen molar-refractivity contribution in [3.05, 3.63) is 35.5 Å². The summed E-state index contributed by atoms with van der Waals surface area (Å²) in [5.74, 6) is 1.13. The largest absolute Gasteiger partial charge is 0.392 e. The van der Waals surface area contributed by atoms with Crippen LogP contribution in [-0.2, 0) is 0 Å². The van der Waals surface area contributed by atoms with Crippen LogP contribution in [0.15, 0.2) is 35.5 Å². The second kappa shape index (κ2) is 3.09. The summed E-state index contributed by atoms with van der Waals surface area (Å²) in [6, 6.07) is 0. The Labute approximate surface area is 84.8 Å². The molecule has 0 spiro atoms. The van der Waals surface area contributed by atoms with E-state index in [1.807, 2.05) is 0 Å². The van der Waals surface area contributed by atoms with E-state index in [9.17, 15) is 5.11 Å². The number of rotatable bonds is 0. The summed E-state index contributed by atoms with van der Waals surface area (Å²) < 4.78 is 0. The van der Waals surface area contributed by atoms with Crippen LogP contribution < -0.4 is 0 Å². The minimum absolute atomic E-state index is 0.0576. The van der Waals surface area contributed by atoms with Crippen molar-refractivity contribution in [1.82, 2.24) is 0 Å². The van der Waals surface area contributed by atoms with Crippen LogP contribution in [0, 0.1) is 11.8 Å². The number of fused-ring (bicyclic) bond motifs is 2. The SMILES string of the molecule is OC1CCC2=C3C=CC=CC3CCC21. The molecule has 0 amide bonds. The molecular formula is C13H16O. The van der Waals surface area contributed by atoms with Gasteiger partial charge in [-0.1, -0.05) is 29.9 Å². The Balaban J connectivity index is 2.03. The molecule has 0 heterocycles. The minimum Gasteiger partial charge on any atom is -0.392 e. The van der Waals surface area contributed by atoms with Crippen molar-refractivity contribution >= 4 is 0 Å². The molecule has 0 aromatic heterocycles. The van der Waals surface area contributed by atoms with Gasteiger partial charge < -0.3 is 5.11 Å². The maximum Gasteiger partial charge on any atom is 0.0608 e. The summed E-state index contributed by atoms with van der Waals surface area (Å²) >= 11 is 0. The standard InChI is InChI=1S/C13H16O/c14-13-8-7-11-10-4-2-1-3-9(10)5-6-12(11)13/h1-4,9,12-14H,5-8H2. The van der Waals surface area contributed by atoms with E-state index in [0.29, 0.717) is 11.8 Å². The Hall–Kier alpha value is -0.820. The molecule has 14 heavy (non-hydrogen) atoms. The van der Waals surface area contributed by atoms with Gasteiger partial charge in [0.1, 0.15) is 0 Å². The zero-order valence-corrected chi connectivity index (χ0v) is 8.32. The average molecular weight is 188 g/mol. The van der Waals surface area contributed by atoms with Gasteiger partial charge in [-0.3, -0.25) is 0 Å². The van der Waals surface area contributed by atoms with Gasteiger partial charge in [-0.25, -0.2) is 0 Å². The highest BCUT2D eigenvalue weighted by molar-refractivity contribution is 5.41. The number of aliphatic hydroxyl groups excluding tert-OH is 1. The first-order valence-electron chi connectivity index (χ1n) is 5.62. The molecule has 0 radical (unpaired) electrons.